The van der Waals surface area contributed by atoms with Crippen molar-refractivity contribution < 1.29 is 4.74 Å². The first-order valence-electron chi connectivity index (χ1n) is 7.74. The normalized spacial score (nSPS) is 24.7. The Hall–Kier alpha value is -1.64. The summed E-state index contributed by atoms with van der Waals surface area (Å²) in [5.74, 6) is 1.76. The van der Waals surface area contributed by atoms with Crippen molar-refractivity contribution in [2.75, 3.05) is 12.4 Å². The molecule has 0 saturated carbocycles. The summed E-state index contributed by atoms with van der Waals surface area (Å²) in [6.07, 6.45) is 5.64. The number of hydrogen-bond donors (Lipinski definition) is 1. The molecule has 0 saturated heterocycles. The number of ether oxygens (including phenoxy) is 1. The minimum Gasteiger partial charge on any atom is -0.495 e. The lowest BCUT2D eigenvalue weighted by atomic mass is 9.77. The highest BCUT2D eigenvalue weighted by Gasteiger charge is 2.39. The van der Waals surface area contributed by atoms with Crippen molar-refractivity contribution in [1.29, 1.82) is 0 Å². The first-order chi connectivity index (χ1) is 11.2. The summed E-state index contributed by atoms with van der Waals surface area (Å²) in [4.78, 5) is 0. The highest BCUT2D eigenvalue weighted by atomic mass is 35.5. The maximum Gasteiger partial charge on any atom is 0.142 e. The van der Waals surface area contributed by atoms with Gasteiger partial charge in [-0.1, -0.05) is 53.6 Å². The Bertz CT molecular complexity index is 787. The molecule has 118 valence electrons. The molecule has 1 N–H and O–H groups in total. The number of anilines is 1. The van der Waals surface area contributed by atoms with Crippen LogP contribution in [0.5, 0.6) is 5.75 Å². The molecule has 2 aromatic carbocycles. The molecule has 3 atom stereocenters. The maximum atomic E-state index is 6.23. The van der Waals surface area contributed by atoms with Gasteiger partial charge in [-0.25, -0.2) is 0 Å². The molecule has 4 rings (SSSR count). The molecule has 0 radical (unpaired) electrons. The smallest absolute Gasteiger partial charge is 0.142 e. The van der Waals surface area contributed by atoms with E-state index < -0.39 is 0 Å². The van der Waals surface area contributed by atoms with Gasteiger partial charge in [0.25, 0.3) is 0 Å². The molecule has 2 nitrogen and oxygen atoms in total. The Kier molecular flexibility index (Phi) is 3.74. The fourth-order valence-electron chi connectivity index (χ4n) is 3.80. The van der Waals surface area contributed by atoms with Crippen molar-refractivity contribution in [1.82, 2.24) is 0 Å². The summed E-state index contributed by atoms with van der Waals surface area (Å²) in [6.45, 7) is 0. The molecule has 1 heterocycles. The summed E-state index contributed by atoms with van der Waals surface area (Å²) in [5, 5.41) is 4.87. The van der Waals surface area contributed by atoms with E-state index >= 15 is 0 Å². The van der Waals surface area contributed by atoms with Crippen molar-refractivity contribution in [3.05, 3.63) is 69.7 Å². The Labute approximate surface area is 146 Å². The highest BCUT2D eigenvalue weighted by Crippen LogP contribution is 2.52. The fourth-order valence-corrected chi connectivity index (χ4v) is 4.11. The van der Waals surface area contributed by atoms with Gasteiger partial charge >= 0.3 is 0 Å². The molecule has 0 spiro atoms. The molecular formula is C19H17Cl2NO. The number of halogens is 2. The number of methoxy groups -OCH3 is 1. The van der Waals surface area contributed by atoms with E-state index in [9.17, 15) is 0 Å². The van der Waals surface area contributed by atoms with Crippen molar-refractivity contribution in [2.45, 2.75) is 18.4 Å². The molecule has 23 heavy (non-hydrogen) atoms. The van der Waals surface area contributed by atoms with Crippen molar-refractivity contribution in [2.24, 2.45) is 5.92 Å². The summed E-state index contributed by atoms with van der Waals surface area (Å²) >= 11 is 12.3. The van der Waals surface area contributed by atoms with Crippen molar-refractivity contribution in [3.8, 4) is 5.75 Å². The highest BCUT2D eigenvalue weighted by molar-refractivity contribution is 6.42. The van der Waals surface area contributed by atoms with Gasteiger partial charge in [-0.3, -0.25) is 0 Å². The van der Waals surface area contributed by atoms with Gasteiger partial charge in [-0.05, 0) is 41.7 Å². The zero-order chi connectivity index (χ0) is 16.0. The van der Waals surface area contributed by atoms with E-state index in [0.717, 1.165) is 23.4 Å². The lowest BCUT2D eigenvalue weighted by Crippen LogP contribution is -2.29. The lowest BCUT2D eigenvalue weighted by Gasteiger charge is -2.38. The monoisotopic (exact) mass is 345 g/mol. The Balaban J connectivity index is 1.82. The lowest BCUT2D eigenvalue weighted by molar-refractivity contribution is 0.397. The molecule has 4 heteroatoms. The first-order valence-corrected chi connectivity index (χ1v) is 8.49. The molecular weight excluding hydrogens is 329 g/mol. The molecule has 0 unspecified atom stereocenters. The van der Waals surface area contributed by atoms with Gasteiger partial charge in [0.15, 0.2) is 0 Å². The second kappa shape index (κ2) is 5.77. The number of rotatable bonds is 2. The van der Waals surface area contributed by atoms with Crippen LogP contribution in [0.2, 0.25) is 10.0 Å². The Morgan fingerprint density at radius 2 is 2.00 bits per heavy atom. The van der Waals surface area contributed by atoms with Gasteiger partial charge in [0.2, 0.25) is 0 Å². The Morgan fingerprint density at radius 1 is 1.13 bits per heavy atom. The number of fused-ring (bicyclic) bond motifs is 3. The number of hydrogen-bond acceptors (Lipinski definition) is 2. The minimum absolute atomic E-state index is 0.188. The molecule has 1 aliphatic heterocycles. The molecule has 2 aromatic rings. The number of nitrogens with one attached hydrogen (secondary N) is 1. The standard InChI is InChI=1S/C19H17Cl2NO/c1-23-17-7-3-6-14-12-4-2-5-13(12)18(22-19(14)17)11-8-9-15(20)16(21)10-11/h2-4,6-10,12-13,18,22H,5H2,1H3/t12-,13+,18-/m1/s1. The third kappa shape index (κ3) is 2.41. The number of para-hydroxylation sites is 1. The summed E-state index contributed by atoms with van der Waals surface area (Å²) in [5.41, 5.74) is 3.55. The first kappa shape index (κ1) is 14.9. The second-order valence-electron chi connectivity index (χ2n) is 6.07. The summed E-state index contributed by atoms with van der Waals surface area (Å²) < 4.78 is 5.55. The third-order valence-electron chi connectivity index (χ3n) is 4.88. The van der Waals surface area contributed by atoms with Gasteiger partial charge in [-0.2, -0.15) is 0 Å². The SMILES string of the molecule is COc1cccc2c1N[C@H](c1ccc(Cl)c(Cl)c1)[C@H]1CC=C[C@@H]21. The molecule has 0 amide bonds. The van der Waals surface area contributed by atoms with E-state index in [-0.39, 0.29) is 6.04 Å². The molecule has 0 bridgehead atoms. The number of allylic oxidation sites excluding steroid dienone is 2. The van der Waals surface area contributed by atoms with Crippen LogP contribution < -0.4 is 10.1 Å². The van der Waals surface area contributed by atoms with E-state index in [1.54, 1.807) is 7.11 Å². The van der Waals surface area contributed by atoms with E-state index in [0.29, 0.717) is 21.9 Å². The van der Waals surface area contributed by atoms with Crippen LogP contribution in [0.15, 0.2) is 48.6 Å². The van der Waals surface area contributed by atoms with E-state index in [4.69, 9.17) is 27.9 Å². The van der Waals surface area contributed by atoms with Gasteiger partial charge in [0.1, 0.15) is 5.75 Å². The van der Waals surface area contributed by atoms with Crippen LogP contribution >= 0.6 is 23.2 Å². The molecule has 0 aromatic heterocycles. The average Bonchev–Trinajstić information content (AvgIpc) is 3.06. The zero-order valence-corrected chi connectivity index (χ0v) is 14.2. The summed E-state index contributed by atoms with van der Waals surface area (Å²) in [7, 11) is 1.71. The van der Waals surface area contributed by atoms with Crippen LogP contribution in [0, 0.1) is 5.92 Å². The van der Waals surface area contributed by atoms with Gasteiger partial charge in [0.05, 0.1) is 28.9 Å². The molecule has 1 aliphatic carbocycles. The van der Waals surface area contributed by atoms with Gasteiger partial charge in [-0.15, -0.1) is 0 Å². The van der Waals surface area contributed by atoms with Crippen LogP contribution in [0.4, 0.5) is 5.69 Å². The van der Waals surface area contributed by atoms with E-state index in [1.165, 1.54) is 5.56 Å². The largest absolute Gasteiger partial charge is 0.495 e. The Morgan fingerprint density at radius 3 is 2.78 bits per heavy atom. The van der Waals surface area contributed by atoms with Crippen LogP contribution in [-0.2, 0) is 0 Å². The number of benzene rings is 2. The predicted octanol–water partition coefficient (Wildman–Crippen LogP) is 5.83. The third-order valence-corrected chi connectivity index (χ3v) is 5.62. The van der Waals surface area contributed by atoms with Crippen molar-refractivity contribution in [3.63, 3.8) is 0 Å². The fraction of sp³-hybridized carbons (Fsp3) is 0.263. The maximum absolute atomic E-state index is 6.23. The minimum atomic E-state index is 0.188. The molecule has 2 aliphatic rings. The van der Waals surface area contributed by atoms with Crippen LogP contribution in [-0.4, -0.2) is 7.11 Å². The predicted molar refractivity (Wildman–Crippen MR) is 95.8 cm³/mol. The topological polar surface area (TPSA) is 21.3 Å². The summed E-state index contributed by atoms with van der Waals surface area (Å²) in [6, 6.07) is 12.3. The van der Waals surface area contributed by atoms with Crippen LogP contribution in [0.25, 0.3) is 0 Å². The van der Waals surface area contributed by atoms with E-state index in [2.05, 4.69) is 35.7 Å². The van der Waals surface area contributed by atoms with Crippen LogP contribution in [0.1, 0.15) is 29.5 Å². The van der Waals surface area contributed by atoms with Crippen molar-refractivity contribution >= 4 is 28.9 Å². The quantitative estimate of drug-likeness (QED) is 0.691. The molecule has 0 fully saturated rings. The van der Waals surface area contributed by atoms with Crippen LogP contribution in [0.3, 0.4) is 0 Å². The van der Waals surface area contributed by atoms with E-state index in [1.807, 2.05) is 18.2 Å². The van der Waals surface area contributed by atoms with Gasteiger partial charge in [0, 0.05) is 5.92 Å². The average molecular weight is 346 g/mol. The zero-order valence-electron chi connectivity index (χ0n) is 12.7. The second-order valence-corrected chi connectivity index (χ2v) is 6.89. The van der Waals surface area contributed by atoms with Gasteiger partial charge < -0.3 is 10.1 Å².